The van der Waals surface area contributed by atoms with Crippen molar-refractivity contribution in [3.05, 3.63) is 53.6 Å². The van der Waals surface area contributed by atoms with Gasteiger partial charge in [0, 0.05) is 12.2 Å². The van der Waals surface area contributed by atoms with E-state index >= 15 is 0 Å². The first-order chi connectivity index (χ1) is 8.74. The van der Waals surface area contributed by atoms with Gasteiger partial charge in [0.05, 0.1) is 5.56 Å². The lowest BCUT2D eigenvalue weighted by Gasteiger charge is -2.05. The second kappa shape index (κ2) is 4.18. The zero-order chi connectivity index (χ0) is 12.5. The largest absolute Gasteiger partial charge is 0.478 e. The summed E-state index contributed by atoms with van der Waals surface area (Å²) in [5.74, 6) is -0.889. The molecule has 0 aromatic heterocycles. The first-order valence-corrected chi connectivity index (χ1v) is 5.94. The van der Waals surface area contributed by atoms with E-state index in [1.807, 2.05) is 12.1 Å². The smallest absolute Gasteiger partial charge is 0.335 e. The van der Waals surface area contributed by atoms with E-state index in [0.29, 0.717) is 5.56 Å². The quantitative estimate of drug-likeness (QED) is 0.846. The molecular formula is C15H13NO2. The van der Waals surface area contributed by atoms with Gasteiger partial charge in [0.2, 0.25) is 0 Å². The highest BCUT2D eigenvalue weighted by Crippen LogP contribution is 2.28. The minimum absolute atomic E-state index is 0.321. The second-order valence-electron chi connectivity index (χ2n) is 4.43. The maximum Gasteiger partial charge on any atom is 0.335 e. The molecule has 2 aromatic carbocycles. The number of rotatable bonds is 2. The Labute approximate surface area is 105 Å². The van der Waals surface area contributed by atoms with E-state index in [-0.39, 0.29) is 0 Å². The van der Waals surface area contributed by atoms with Crippen LogP contribution >= 0.6 is 0 Å². The lowest BCUT2D eigenvalue weighted by molar-refractivity contribution is 0.0697. The molecule has 2 aromatic rings. The molecule has 3 nitrogen and oxygen atoms in total. The van der Waals surface area contributed by atoms with Crippen LogP contribution in [0.15, 0.2) is 42.5 Å². The third kappa shape index (κ3) is 1.84. The Bertz CT molecular complexity index is 602. The van der Waals surface area contributed by atoms with Crippen LogP contribution in [0.25, 0.3) is 11.1 Å². The molecule has 3 rings (SSSR count). The van der Waals surface area contributed by atoms with Gasteiger partial charge in [0.25, 0.3) is 0 Å². The summed E-state index contributed by atoms with van der Waals surface area (Å²) < 4.78 is 0. The molecule has 0 atom stereocenters. The molecule has 2 N–H and O–H groups in total. The molecular weight excluding hydrogens is 226 g/mol. The summed E-state index contributed by atoms with van der Waals surface area (Å²) in [5, 5.41) is 12.2. The molecule has 0 saturated carbocycles. The van der Waals surface area contributed by atoms with Crippen LogP contribution in [0.2, 0.25) is 0 Å². The monoisotopic (exact) mass is 239 g/mol. The van der Waals surface area contributed by atoms with Crippen molar-refractivity contribution < 1.29 is 9.90 Å². The highest BCUT2D eigenvalue weighted by Gasteiger charge is 2.10. The lowest BCUT2D eigenvalue weighted by Crippen LogP contribution is -1.95. The van der Waals surface area contributed by atoms with Gasteiger partial charge >= 0.3 is 5.97 Å². The molecule has 90 valence electrons. The molecule has 0 spiro atoms. The lowest BCUT2D eigenvalue weighted by atomic mass is 10.0. The third-order valence-corrected chi connectivity index (χ3v) is 3.28. The fourth-order valence-corrected chi connectivity index (χ4v) is 2.29. The number of fused-ring (bicyclic) bond motifs is 1. The molecule has 0 radical (unpaired) electrons. The number of benzene rings is 2. The van der Waals surface area contributed by atoms with Crippen LogP contribution in [0.1, 0.15) is 15.9 Å². The maximum atomic E-state index is 10.8. The van der Waals surface area contributed by atoms with E-state index in [4.69, 9.17) is 5.11 Å². The number of carboxylic acids is 1. The molecule has 0 unspecified atom stereocenters. The summed E-state index contributed by atoms with van der Waals surface area (Å²) in [6.07, 6.45) is 1.05. The average molecular weight is 239 g/mol. The third-order valence-electron chi connectivity index (χ3n) is 3.28. The van der Waals surface area contributed by atoms with E-state index in [1.54, 1.807) is 12.1 Å². The molecule has 0 saturated heterocycles. The molecule has 0 aliphatic carbocycles. The van der Waals surface area contributed by atoms with Crippen LogP contribution in [0.3, 0.4) is 0 Å². The van der Waals surface area contributed by atoms with Crippen molar-refractivity contribution in [1.29, 1.82) is 0 Å². The Balaban J connectivity index is 1.97. The van der Waals surface area contributed by atoms with E-state index < -0.39 is 5.97 Å². The highest BCUT2D eigenvalue weighted by atomic mass is 16.4. The van der Waals surface area contributed by atoms with Crippen LogP contribution in [0.5, 0.6) is 0 Å². The van der Waals surface area contributed by atoms with E-state index in [9.17, 15) is 4.79 Å². The van der Waals surface area contributed by atoms with Gasteiger partial charge in [-0.2, -0.15) is 0 Å². The van der Waals surface area contributed by atoms with E-state index in [2.05, 4.69) is 23.5 Å². The molecule has 1 aliphatic heterocycles. The molecule has 1 aliphatic rings. The van der Waals surface area contributed by atoms with Gasteiger partial charge in [-0.15, -0.1) is 0 Å². The van der Waals surface area contributed by atoms with E-state index in [0.717, 1.165) is 24.1 Å². The summed E-state index contributed by atoms with van der Waals surface area (Å²) in [6.45, 7) is 0.997. The molecule has 0 bridgehead atoms. The first kappa shape index (κ1) is 10.8. The van der Waals surface area contributed by atoms with Crippen molar-refractivity contribution in [3.8, 4) is 11.1 Å². The van der Waals surface area contributed by atoms with Crippen molar-refractivity contribution in [2.75, 3.05) is 11.9 Å². The topological polar surface area (TPSA) is 49.3 Å². The number of hydrogen-bond donors (Lipinski definition) is 2. The second-order valence-corrected chi connectivity index (χ2v) is 4.43. The standard InChI is InChI=1S/C15H13NO2/c17-15(18)11-3-1-10(2-4-11)12-5-6-14-13(9-12)7-8-16-14/h1-6,9,16H,7-8H2,(H,17,18). The van der Waals surface area contributed by atoms with Crippen LogP contribution in [-0.2, 0) is 6.42 Å². The first-order valence-electron chi connectivity index (χ1n) is 5.94. The average Bonchev–Trinajstić information content (AvgIpc) is 2.86. The molecule has 1 heterocycles. The zero-order valence-electron chi connectivity index (χ0n) is 9.81. The minimum atomic E-state index is -0.889. The number of carbonyl (C=O) groups is 1. The van der Waals surface area contributed by atoms with Crippen LogP contribution in [0, 0.1) is 0 Å². The molecule has 3 heteroatoms. The Hall–Kier alpha value is -2.29. The van der Waals surface area contributed by atoms with Gasteiger partial charge in [0.15, 0.2) is 0 Å². The Kier molecular flexibility index (Phi) is 2.52. The van der Waals surface area contributed by atoms with Gasteiger partial charge in [-0.25, -0.2) is 4.79 Å². The SMILES string of the molecule is O=C(O)c1ccc(-c2ccc3c(c2)CCN3)cc1. The fraction of sp³-hybridized carbons (Fsp3) is 0.133. The van der Waals surface area contributed by atoms with Crippen molar-refractivity contribution >= 4 is 11.7 Å². The molecule has 18 heavy (non-hydrogen) atoms. The van der Waals surface area contributed by atoms with Crippen LogP contribution in [0.4, 0.5) is 5.69 Å². The number of aromatic carboxylic acids is 1. The molecule has 0 amide bonds. The normalized spacial score (nSPS) is 12.9. The van der Waals surface area contributed by atoms with Gasteiger partial charge < -0.3 is 10.4 Å². The summed E-state index contributed by atoms with van der Waals surface area (Å²) in [7, 11) is 0. The highest BCUT2D eigenvalue weighted by molar-refractivity contribution is 5.88. The summed E-state index contributed by atoms with van der Waals surface area (Å²) in [4.78, 5) is 10.8. The number of carboxylic acid groups (broad SMARTS) is 1. The van der Waals surface area contributed by atoms with E-state index in [1.165, 1.54) is 11.3 Å². The predicted octanol–water partition coefficient (Wildman–Crippen LogP) is 3.02. The summed E-state index contributed by atoms with van der Waals surface area (Å²) in [6, 6.07) is 13.3. The van der Waals surface area contributed by atoms with Gasteiger partial charge in [-0.05, 0) is 47.4 Å². The Morgan fingerprint density at radius 1 is 1.06 bits per heavy atom. The predicted molar refractivity (Wildman–Crippen MR) is 71.0 cm³/mol. The summed E-state index contributed by atoms with van der Waals surface area (Å²) >= 11 is 0. The van der Waals surface area contributed by atoms with Crippen LogP contribution in [-0.4, -0.2) is 17.6 Å². The fourth-order valence-electron chi connectivity index (χ4n) is 2.29. The number of hydrogen-bond acceptors (Lipinski definition) is 2. The van der Waals surface area contributed by atoms with Gasteiger partial charge in [-0.3, -0.25) is 0 Å². The summed E-state index contributed by atoms with van der Waals surface area (Å²) in [5.41, 5.74) is 5.04. The zero-order valence-corrected chi connectivity index (χ0v) is 9.81. The van der Waals surface area contributed by atoms with Crippen molar-refractivity contribution in [2.24, 2.45) is 0 Å². The van der Waals surface area contributed by atoms with Crippen molar-refractivity contribution in [2.45, 2.75) is 6.42 Å². The maximum absolute atomic E-state index is 10.8. The van der Waals surface area contributed by atoms with Crippen LogP contribution < -0.4 is 5.32 Å². The minimum Gasteiger partial charge on any atom is -0.478 e. The van der Waals surface area contributed by atoms with Gasteiger partial charge in [-0.1, -0.05) is 18.2 Å². The van der Waals surface area contributed by atoms with Crippen molar-refractivity contribution in [3.63, 3.8) is 0 Å². The Morgan fingerprint density at radius 3 is 2.50 bits per heavy atom. The Morgan fingerprint density at radius 2 is 1.78 bits per heavy atom. The van der Waals surface area contributed by atoms with Gasteiger partial charge in [0.1, 0.15) is 0 Å². The number of nitrogens with one attached hydrogen (secondary N) is 1. The van der Waals surface area contributed by atoms with Crippen molar-refractivity contribution in [1.82, 2.24) is 0 Å². The molecule has 0 fully saturated rings. The number of anilines is 1.